The molecule has 1 fully saturated rings. The van der Waals surface area contributed by atoms with Crippen LogP contribution in [0.5, 0.6) is 0 Å². The normalized spacial score (nSPS) is 15.4. The van der Waals surface area contributed by atoms with Gasteiger partial charge in [-0.25, -0.2) is 13.1 Å². The molecule has 0 unspecified atom stereocenters. The first-order valence-corrected chi connectivity index (χ1v) is 10.9. The lowest BCUT2D eigenvalue weighted by atomic mass is 10.2. The van der Waals surface area contributed by atoms with E-state index in [1.165, 1.54) is 0 Å². The lowest BCUT2D eigenvalue weighted by Crippen LogP contribution is -2.32. The zero-order chi connectivity index (χ0) is 20.1. The summed E-state index contributed by atoms with van der Waals surface area (Å²) in [5.74, 6) is 0.323. The summed E-state index contributed by atoms with van der Waals surface area (Å²) in [5, 5.41) is 6.66. The van der Waals surface area contributed by atoms with Crippen LogP contribution in [-0.2, 0) is 14.8 Å². The second-order valence-electron chi connectivity index (χ2n) is 6.91. The van der Waals surface area contributed by atoms with Gasteiger partial charge in [0, 0.05) is 12.5 Å². The third-order valence-electron chi connectivity index (χ3n) is 4.77. The number of carbonyl (C=O) groups is 1. The van der Waals surface area contributed by atoms with E-state index in [1.54, 1.807) is 50.3 Å². The minimum Gasteiger partial charge on any atom is -0.354 e. The van der Waals surface area contributed by atoms with Gasteiger partial charge in [-0.05, 0) is 43.5 Å². The molecule has 0 radical (unpaired) electrons. The number of hydrogen-bond acceptors (Lipinski definition) is 5. The summed E-state index contributed by atoms with van der Waals surface area (Å²) in [5.41, 5.74) is 1.95. The monoisotopic (exact) mass is 403 g/mol. The Balaban J connectivity index is 1.71. The molecule has 3 rings (SSSR count). The van der Waals surface area contributed by atoms with Gasteiger partial charge in [0.05, 0.1) is 4.90 Å². The number of amides is 1. The molecule has 2 aromatic rings. The van der Waals surface area contributed by atoms with Gasteiger partial charge >= 0.3 is 0 Å². The average Bonchev–Trinajstić information content (AvgIpc) is 3.30. The standard InChI is InChI=1S/C20H25N3O4S/c1-3-19(24)21-20-14(2)22-27-18(20)13-10-15-8-11-17(12-9-15)28(25,26)23-16-6-4-5-7-16/h8-13,16,23H,3-7H2,1-2H3,(H,21,24)/b13-10-. The highest BCUT2D eigenvalue weighted by atomic mass is 32.2. The van der Waals surface area contributed by atoms with Crippen LogP contribution in [0.2, 0.25) is 0 Å². The summed E-state index contributed by atoms with van der Waals surface area (Å²) in [6.07, 6.45) is 7.77. The minimum absolute atomic E-state index is 0.0380. The molecule has 1 aliphatic rings. The Bertz CT molecular complexity index is 956. The number of sulfonamides is 1. The van der Waals surface area contributed by atoms with E-state index in [-0.39, 0.29) is 16.8 Å². The predicted octanol–water partition coefficient (Wildman–Crippen LogP) is 3.72. The fourth-order valence-electron chi connectivity index (χ4n) is 3.14. The van der Waals surface area contributed by atoms with Crippen molar-refractivity contribution in [3.63, 3.8) is 0 Å². The third kappa shape index (κ3) is 4.88. The molecule has 0 bridgehead atoms. The summed E-state index contributed by atoms with van der Waals surface area (Å²) in [7, 11) is -3.50. The molecule has 2 N–H and O–H groups in total. The number of rotatable bonds is 7. The average molecular weight is 404 g/mol. The van der Waals surface area contributed by atoms with Crippen molar-refractivity contribution in [3.8, 4) is 0 Å². The van der Waals surface area contributed by atoms with Gasteiger partial charge in [0.1, 0.15) is 11.4 Å². The van der Waals surface area contributed by atoms with Crippen molar-refractivity contribution >= 4 is 33.8 Å². The summed E-state index contributed by atoms with van der Waals surface area (Å²) in [6.45, 7) is 3.52. The maximum Gasteiger partial charge on any atom is 0.240 e. The second kappa shape index (κ2) is 8.70. The van der Waals surface area contributed by atoms with Gasteiger partial charge in [-0.1, -0.05) is 43.1 Å². The van der Waals surface area contributed by atoms with E-state index in [1.807, 2.05) is 0 Å². The summed E-state index contributed by atoms with van der Waals surface area (Å²) in [4.78, 5) is 11.9. The van der Waals surface area contributed by atoms with E-state index < -0.39 is 10.0 Å². The molecule has 1 amide bonds. The van der Waals surface area contributed by atoms with E-state index in [0.717, 1.165) is 31.2 Å². The lowest BCUT2D eigenvalue weighted by Gasteiger charge is -2.12. The van der Waals surface area contributed by atoms with Crippen LogP contribution in [0.25, 0.3) is 12.2 Å². The van der Waals surface area contributed by atoms with Gasteiger partial charge in [-0.15, -0.1) is 0 Å². The van der Waals surface area contributed by atoms with Crippen LogP contribution in [0.4, 0.5) is 5.69 Å². The SMILES string of the molecule is CCC(=O)Nc1c(C)noc1/C=C\c1ccc(S(=O)(=O)NC2CCCC2)cc1. The summed E-state index contributed by atoms with van der Waals surface area (Å²) < 4.78 is 33.0. The lowest BCUT2D eigenvalue weighted by molar-refractivity contribution is -0.115. The molecule has 0 spiro atoms. The quantitative estimate of drug-likeness (QED) is 0.734. The van der Waals surface area contributed by atoms with Crippen molar-refractivity contribution < 1.29 is 17.7 Å². The van der Waals surface area contributed by atoms with Crippen molar-refractivity contribution in [2.24, 2.45) is 0 Å². The number of hydrogen-bond donors (Lipinski definition) is 2. The number of nitrogens with one attached hydrogen (secondary N) is 2. The van der Waals surface area contributed by atoms with Crippen molar-refractivity contribution in [1.82, 2.24) is 9.88 Å². The Kier molecular flexibility index (Phi) is 6.31. The van der Waals surface area contributed by atoms with E-state index in [4.69, 9.17) is 4.52 Å². The van der Waals surface area contributed by atoms with Crippen molar-refractivity contribution in [2.75, 3.05) is 5.32 Å². The first kappa shape index (κ1) is 20.3. The zero-order valence-corrected chi connectivity index (χ0v) is 16.9. The highest BCUT2D eigenvalue weighted by Gasteiger charge is 2.22. The van der Waals surface area contributed by atoms with Crippen molar-refractivity contribution in [2.45, 2.75) is 56.9 Å². The van der Waals surface area contributed by atoms with Gasteiger partial charge in [0.25, 0.3) is 0 Å². The van der Waals surface area contributed by atoms with E-state index in [0.29, 0.717) is 23.6 Å². The molecule has 0 saturated heterocycles. The second-order valence-corrected chi connectivity index (χ2v) is 8.63. The van der Waals surface area contributed by atoms with E-state index in [2.05, 4.69) is 15.2 Å². The fourth-order valence-corrected chi connectivity index (χ4v) is 4.45. The van der Waals surface area contributed by atoms with Crippen LogP contribution < -0.4 is 10.0 Å². The third-order valence-corrected chi connectivity index (χ3v) is 6.31. The van der Waals surface area contributed by atoms with E-state index >= 15 is 0 Å². The van der Waals surface area contributed by atoms with Crippen LogP contribution >= 0.6 is 0 Å². The van der Waals surface area contributed by atoms with Crippen molar-refractivity contribution in [3.05, 3.63) is 41.3 Å². The number of aromatic nitrogens is 1. The Hall–Kier alpha value is -2.45. The van der Waals surface area contributed by atoms with Crippen LogP contribution in [0.1, 0.15) is 56.0 Å². The molecule has 0 atom stereocenters. The minimum atomic E-state index is -3.50. The molecule has 8 heteroatoms. The van der Waals surface area contributed by atoms with Gasteiger partial charge in [-0.3, -0.25) is 4.79 Å². The van der Waals surface area contributed by atoms with Gasteiger partial charge in [-0.2, -0.15) is 0 Å². The number of anilines is 1. The smallest absolute Gasteiger partial charge is 0.240 e. The highest BCUT2D eigenvalue weighted by Crippen LogP contribution is 2.24. The number of benzene rings is 1. The Labute approximate surface area is 165 Å². The molecule has 7 nitrogen and oxygen atoms in total. The summed E-state index contributed by atoms with van der Waals surface area (Å²) >= 11 is 0. The molecule has 1 aromatic carbocycles. The number of carbonyl (C=O) groups excluding carboxylic acids is 1. The van der Waals surface area contributed by atoms with Gasteiger partial charge in [0.2, 0.25) is 15.9 Å². The number of aryl methyl sites for hydroxylation is 1. The maximum atomic E-state index is 12.5. The zero-order valence-electron chi connectivity index (χ0n) is 16.1. The van der Waals surface area contributed by atoms with E-state index in [9.17, 15) is 13.2 Å². The van der Waals surface area contributed by atoms with Crippen LogP contribution in [0, 0.1) is 6.92 Å². The van der Waals surface area contributed by atoms with Crippen LogP contribution in [-0.4, -0.2) is 25.5 Å². The summed E-state index contributed by atoms with van der Waals surface area (Å²) in [6, 6.07) is 6.67. The predicted molar refractivity (Wildman–Crippen MR) is 108 cm³/mol. The largest absolute Gasteiger partial charge is 0.354 e. The molecule has 1 heterocycles. The topological polar surface area (TPSA) is 101 Å². The molecular formula is C20H25N3O4S. The Morgan fingerprint density at radius 1 is 1.21 bits per heavy atom. The molecule has 0 aliphatic heterocycles. The first-order chi connectivity index (χ1) is 13.4. The fraction of sp³-hybridized carbons (Fsp3) is 0.400. The molecule has 1 aromatic heterocycles. The van der Waals surface area contributed by atoms with Gasteiger partial charge in [0.15, 0.2) is 5.76 Å². The molecule has 1 saturated carbocycles. The molecular weight excluding hydrogens is 378 g/mol. The van der Waals surface area contributed by atoms with Crippen molar-refractivity contribution in [1.29, 1.82) is 0 Å². The molecule has 1 aliphatic carbocycles. The van der Waals surface area contributed by atoms with Crippen LogP contribution in [0.15, 0.2) is 33.7 Å². The first-order valence-electron chi connectivity index (χ1n) is 9.45. The maximum absolute atomic E-state index is 12.5. The molecule has 28 heavy (non-hydrogen) atoms. The van der Waals surface area contributed by atoms with Gasteiger partial charge < -0.3 is 9.84 Å². The number of nitrogens with zero attached hydrogens (tertiary/aromatic N) is 1. The van der Waals surface area contributed by atoms with Crippen LogP contribution in [0.3, 0.4) is 0 Å². The Morgan fingerprint density at radius 3 is 2.54 bits per heavy atom. The molecule has 150 valence electrons. The Morgan fingerprint density at radius 2 is 1.89 bits per heavy atom. The highest BCUT2D eigenvalue weighted by molar-refractivity contribution is 7.89.